The van der Waals surface area contributed by atoms with Gasteiger partial charge in [0.2, 0.25) is 0 Å². The monoisotopic (exact) mass is 560 g/mol. The third-order valence-electron chi connectivity index (χ3n) is 8.06. The number of nitrogens with zero attached hydrogens (tertiary/aromatic N) is 2. The SMILES string of the molecule is O=S(=O)(c1ccc(F)cc1)N(c1cccc(C(F)(F)F)c1)C1CCN([C@@H]2CCCC[C@@H]2c2ccccc2)CC1. The number of likely N-dealkylation sites (tertiary alicyclic amines) is 1. The number of piperidine rings is 1. The summed E-state index contributed by atoms with van der Waals surface area (Å²) in [5.41, 5.74) is 0.367. The molecule has 1 aliphatic heterocycles. The summed E-state index contributed by atoms with van der Waals surface area (Å²) in [6, 6.07) is 19.1. The molecule has 2 atom stereocenters. The van der Waals surface area contributed by atoms with Crippen molar-refractivity contribution in [3.8, 4) is 0 Å². The quantitative estimate of drug-likeness (QED) is 0.299. The fourth-order valence-corrected chi connectivity index (χ4v) is 7.88. The summed E-state index contributed by atoms with van der Waals surface area (Å²) in [6.45, 7) is 1.29. The zero-order valence-corrected chi connectivity index (χ0v) is 22.3. The predicted molar refractivity (Wildman–Crippen MR) is 144 cm³/mol. The van der Waals surface area contributed by atoms with E-state index >= 15 is 0 Å². The van der Waals surface area contributed by atoms with Gasteiger partial charge in [-0.1, -0.05) is 49.2 Å². The van der Waals surface area contributed by atoms with Crippen LogP contribution >= 0.6 is 0 Å². The van der Waals surface area contributed by atoms with Gasteiger partial charge in [-0.25, -0.2) is 12.8 Å². The number of hydrogen-bond acceptors (Lipinski definition) is 3. The lowest BCUT2D eigenvalue weighted by molar-refractivity contribution is -0.137. The lowest BCUT2D eigenvalue weighted by Gasteiger charge is -2.45. The number of benzene rings is 3. The normalized spacial score (nSPS) is 21.5. The Morgan fingerprint density at radius 2 is 1.46 bits per heavy atom. The number of halogens is 4. The van der Waals surface area contributed by atoms with Gasteiger partial charge >= 0.3 is 6.18 Å². The number of hydrogen-bond donors (Lipinski definition) is 0. The summed E-state index contributed by atoms with van der Waals surface area (Å²) in [7, 11) is -4.25. The molecule has 4 nitrogen and oxygen atoms in total. The van der Waals surface area contributed by atoms with Gasteiger partial charge in [0, 0.05) is 25.2 Å². The standard InChI is InChI=1S/C30H32F4N2O2S/c31-24-13-15-27(16-14-24)39(37,38)36(26-10-6-9-23(21-26)30(32,33)34)25-17-19-35(20-18-25)29-12-5-4-11-28(29)22-7-2-1-3-8-22/h1-3,6-10,13-16,21,25,28-29H,4-5,11-12,17-20H2/t28-,29-/m1/s1. The van der Waals surface area contributed by atoms with Gasteiger partial charge in [0.1, 0.15) is 5.82 Å². The molecule has 0 unspecified atom stereocenters. The first-order valence-electron chi connectivity index (χ1n) is 13.4. The molecule has 0 amide bonds. The average molecular weight is 561 g/mol. The molecular formula is C30H32F4N2O2S. The maximum Gasteiger partial charge on any atom is 0.416 e. The van der Waals surface area contributed by atoms with Crippen LogP contribution in [0.4, 0.5) is 23.2 Å². The van der Waals surface area contributed by atoms with E-state index in [9.17, 15) is 26.0 Å². The van der Waals surface area contributed by atoms with Crippen LogP contribution in [-0.2, 0) is 16.2 Å². The Hall–Kier alpha value is -2.91. The highest BCUT2D eigenvalue weighted by molar-refractivity contribution is 7.92. The van der Waals surface area contributed by atoms with Crippen LogP contribution in [0.2, 0.25) is 0 Å². The first-order valence-corrected chi connectivity index (χ1v) is 14.8. The van der Waals surface area contributed by atoms with Crippen LogP contribution in [0.1, 0.15) is 55.6 Å². The molecule has 2 aliphatic rings. The lowest BCUT2D eigenvalue weighted by Crippen LogP contribution is -2.51. The molecule has 1 heterocycles. The topological polar surface area (TPSA) is 40.6 Å². The third kappa shape index (κ3) is 5.99. The van der Waals surface area contributed by atoms with Crippen LogP contribution < -0.4 is 4.31 Å². The van der Waals surface area contributed by atoms with Gasteiger partial charge in [-0.2, -0.15) is 13.2 Å². The maximum atomic E-state index is 13.8. The minimum absolute atomic E-state index is 0.0348. The number of rotatable bonds is 6. The Morgan fingerprint density at radius 1 is 0.795 bits per heavy atom. The van der Waals surface area contributed by atoms with Gasteiger partial charge in [0.25, 0.3) is 10.0 Å². The van der Waals surface area contributed by atoms with Crippen molar-refractivity contribution in [3.05, 3.63) is 95.8 Å². The Morgan fingerprint density at radius 3 is 2.13 bits per heavy atom. The van der Waals surface area contributed by atoms with Gasteiger partial charge in [0.15, 0.2) is 0 Å². The van der Waals surface area contributed by atoms with Crippen LogP contribution in [0.15, 0.2) is 83.8 Å². The molecule has 2 fully saturated rings. The smallest absolute Gasteiger partial charge is 0.300 e. The Bertz CT molecular complexity index is 1360. The zero-order chi connectivity index (χ0) is 27.6. The molecule has 0 spiro atoms. The molecule has 3 aromatic carbocycles. The van der Waals surface area contributed by atoms with Crippen molar-refractivity contribution < 1.29 is 26.0 Å². The van der Waals surface area contributed by atoms with Crippen LogP contribution in [0.25, 0.3) is 0 Å². The summed E-state index contributed by atoms with van der Waals surface area (Å²) >= 11 is 0. The first kappa shape index (κ1) is 27.6. The van der Waals surface area contributed by atoms with Crippen molar-refractivity contribution in [2.75, 3.05) is 17.4 Å². The third-order valence-corrected chi connectivity index (χ3v) is 9.95. The summed E-state index contributed by atoms with van der Waals surface area (Å²) < 4.78 is 83.0. The first-order chi connectivity index (χ1) is 18.6. The summed E-state index contributed by atoms with van der Waals surface area (Å²) in [5, 5.41) is 0. The zero-order valence-electron chi connectivity index (χ0n) is 21.5. The van der Waals surface area contributed by atoms with Crippen molar-refractivity contribution in [1.29, 1.82) is 0 Å². The van der Waals surface area contributed by atoms with E-state index < -0.39 is 33.6 Å². The van der Waals surface area contributed by atoms with E-state index in [4.69, 9.17) is 0 Å². The fraction of sp³-hybridized carbons (Fsp3) is 0.400. The van der Waals surface area contributed by atoms with Crippen LogP contribution in [0.3, 0.4) is 0 Å². The lowest BCUT2D eigenvalue weighted by atomic mass is 9.78. The molecule has 9 heteroatoms. The second-order valence-corrected chi connectivity index (χ2v) is 12.3. The van der Waals surface area contributed by atoms with Crippen LogP contribution in [0, 0.1) is 5.82 Å². The summed E-state index contributed by atoms with van der Waals surface area (Å²) in [5.74, 6) is -0.188. The largest absolute Gasteiger partial charge is 0.416 e. The van der Waals surface area contributed by atoms with E-state index in [1.165, 1.54) is 24.1 Å². The summed E-state index contributed by atoms with van der Waals surface area (Å²) in [4.78, 5) is 2.28. The summed E-state index contributed by atoms with van der Waals surface area (Å²) in [6.07, 6.45) is 0.829. The molecule has 1 saturated heterocycles. The molecule has 208 valence electrons. The molecule has 3 aromatic rings. The molecule has 0 radical (unpaired) electrons. The van der Waals surface area contributed by atoms with Crippen molar-refractivity contribution in [2.45, 2.75) is 67.6 Å². The van der Waals surface area contributed by atoms with Gasteiger partial charge in [-0.3, -0.25) is 9.21 Å². The highest BCUT2D eigenvalue weighted by Gasteiger charge is 2.39. The van der Waals surface area contributed by atoms with E-state index in [-0.39, 0.29) is 10.6 Å². The molecule has 1 saturated carbocycles. The Kier molecular flexibility index (Phi) is 8.01. The maximum absolute atomic E-state index is 13.8. The number of sulfonamides is 1. The second-order valence-electron chi connectivity index (χ2n) is 10.4. The Balaban J connectivity index is 1.43. The van der Waals surface area contributed by atoms with E-state index in [1.807, 2.05) is 6.07 Å². The molecular weight excluding hydrogens is 528 g/mol. The molecule has 0 N–H and O–H groups in total. The van der Waals surface area contributed by atoms with Gasteiger partial charge in [-0.05, 0) is 79.6 Å². The van der Waals surface area contributed by atoms with Crippen molar-refractivity contribution in [1.82, 2.24) is 4.90 Å². The minimum Gasteiger partial charge on any atom is -0.300 e. The van der Waals surface area contributed by atoms with Crippen molar-refractivity contribution >= 4 is 15.7 Å². The van der Waals surface area contributed by atoms with Crippen LogP contribution in [-0.4, -0.2) is 38.5 Å². The average Bonchev–Trinajstić information content (AvgIpc) is 2.94. The van der Waals surface area contributed by atoms with Gasteiger partial charge in [-0.15, -0.1) is 0 Å². The molecule has 1 aliphatic carbocycles. The number of alkyl halides is 3. The van der Waals surface area contributed by atoms with Gasteiger partial charge in [0.05, 0.1) is 16.1 Å². The predicted octanol–water partition coefficient (Wildman–Crippen LogP) is 7.23. The molecule has 0 bridgehead atoms. The van der Waals surface area contributed by atoms with Crippen molar-refractivity contribution in [2.24, 2.45) is 0 Å². The van der Waals surface area contributed by atoms with E-state index in [0.29, 0.717) is 37.9 Å². The van der Waals surface area contributed by atoms with E-state index in [1.54, 1.807) is 0 Å². The van der Waals surface area contributed by atoms with Crippen LogP contribution in [0.5, 0.6) is 0 Å². The molecule has 39 heavy (non-hydrogen) atoms. The highest BCUT2D eigenvalue weighted by Crippen LogP contribution is 2.39. The fourth-order valence-electron chi connectivity index (χ4n) is 6.17. The van der Waals surface area contributed by atoms with Gasteiger partial charge < -0.3 is 0 Å². The second kappa shape index (κ2) is 11.3. The van der Waals surface area contributed by atoms with Crippen molar-refractivity contribution in [3.63, 3.8) is 0 Å². The Labute approximate surface area is 227 Å². The minimum atomic E-state index is -4.61. The van der Waals surface area contributed by atoms with E-state index in [0.717, 1.165) is 60.0 Å². The number of anilines is 1. The molecule has 5 rings (SSSR count). The van der Waals surface area contributed by atoms with E-state index in [2.05, 4.69) is 29.2 Å². The molecule has 0 aromatic heterocycles. The highest BCUT2D eigenvalue weighted by atomic mass is 32.2.